The molecule has 0 saturated carbocycles. The van der Waals surface area contributed by atoms with Crippen LogP contribution in [-0.4, -0.2) is 5.92 Å². The molecule has 0 aliphatic rings. The summed E-state index contributed by atoms with van der Waals surface area (Å²) in [5, 5.41) is 0. The van der Waals surface area contributed by atoms with Crippen LogP contribution in [0.4, 0.5) is 13.2 Å². The molecule has 0 fully saturated rings. The molecule has 0 N–H and O–H groups in total. The molecule has 13 heavy (non-hydrogen) atoms. The van der Waals surface area contributed by atoms with Crippen molar-refractivity contribution < 1.29 is 13.2 Å². The van der Waals surface area contributed by atoms with E-state index in [4.69, 9.17) is 0 Å². The zero-order valence-electron chi connectivity index (χ0n) is 6.90. The highest BCUT2D eigenvalue weighted by Gasteiger charge is 2.32. The largest absolute Gasteiger partial charge is 0.261 e. The van der Waals surface area contributed by atoms with E-state index in [2.05, 4.69) is 15.9 Å². The van der Waals surface area contributed by atoms with Crippen molar-refractivity contribution in [3.63, 3.8) is 0 Å². The minimum Gasteiger partial charge on any atom is -0.207 e. The topological polar surface area (TPSA) is 0 Å². The number of halogens is 4. The summed E-state index contributed by atoms with van der Waals surface area (Å²) in [5.41, 5.74) is 0.369. The molecular weight excluding hydrogens is 245 g/mol. The maximum Gasteiger partial charge on any atom is 0.261 e. The zero-order chi connectivity index (χ0) is 10.1. The molecule has 0 bridgehead atoms. The Morgan fingerprint density at radius 3 is 2.08 bits per heavy atom. The molecule has 72 valence electrons. The van der Waals surface area contributed by atoms with E-state index in [-0.39, 0.29) is 0 Å². The lowest BCUT2D eigenvalue weighted by Crippen LogP contribution is -2.16. The fraction of sp³-hybridized carbons (Fsp3) is 0.333. The van der Waals surface area contributed by atoms with Gasteiger partial charge >= 0.3 is 0 Å². The maximum atomic E-state index is 12.8. The van der Waals surface area contributed by atoms with E-state index in [0.29, 0.717) is 5.56 Å². The molecule has 0 spiro atoms. The van der Waals surface area contributed by atoms with Crippen molar-refractivity contribution in [3.8, 4) is 0 Å². The molecule has 0 nitrogen and oxygen atoms in total. The highest BCUT2D eigenvalue weighted by atomic mass is 79.9. The number of hydrogen-bond donors (Lipinski definition) is 0. The van der Waals surface area contributed by atoms with Crippen molar-refractivity contribution in [3.05, 3.63) is 35.6 Å². The van der Waals surface area contributed by atoms with Crippen LogP contribution < -0.4 is 0 Å². The van der Waals surface area contributed by atoms with E-state index in [0.717, 1.165) is 19.1 Å². The van der Waals surface area contributed by atoms with Crippen LogP contribution in [0.1, 0.15) is 17.3 Å². The standard InChI is InChI=1S/C9H8BrF3/c1-9(12,13)8(10)6-2-4-7(11)5-3-6/h2-5,8H,1H3. The first-order valence-electron chi connectivity index (χ1n) is 3.68. The molecule has 0 aliphatic heterocycles. The Morgan fingerprint density at radius 1 is 1.23 bits per heavy atom. The zero-order valence-corrected chi connectivity index (χ0v) is 8.48. The first kappa shape index (κ1) is 10.6. The Hall–Kier alpha value is -0.510. The lowest BCUT2D eigenvalue weighted by Gasteiger charge is -2.17. The van der Waals surface area contributed by atoms with Crippen LogP contribution in [0.15, 0.2) is 24.3 Å². The van der Waals surface area contributed by atoms with Crippen molar-refractivity contribution in [2.75, 3.05) is 0 Å². The predicted molar refractivity (Wildman–Crippen MR) is 48.7 cm³/mol. The van der Waals surface area contributed by atoms with Gasteiger partial charge in [0.1, 0.15) is 10.6 Å². The molecule has 0 radical (unpaired) electrons. The summed E-state index contributed by atoms with van der Waals surface area (Å²) >= 11 is 2.86. The minimum atomic E-state index is -2.85. The molecule has 0 aliphatic carbocycles. The molecule has 1 unspecified atom stereocenters. The molecule has 1 rings (SSSR count). The average molecular weight is 253 g/mol. The Balaban J connectivity index is 2.90. The molecule has 0 saturated heterocycles. The SMILES string of the molecule is CC(F)(F)C(Br)c1ccc(F)cc1. The van der Waals surface area contributed by atoms with Crippen LogP contribution in [0.5, 0.6) is 0 Å². The van der Waals surface area contributed by atoms with Crippen molar-refractivity contribution in [1.82, 2.24) is 0 Å². The fourth-order valence-electron chi connectivity index (χ4n) is 0.924. The fourth-order valence-corrected chi connectivity index (χ4v) is 1.23. The Morgan fingerprint density at radius 2 is 1.69 bits per heavy atom. The summed E-state index contributed by atoms with van der Waals surface area (Å²) < 4.78 is 38.0. The van der Waals surface area contributed by atoms with Crippen molar-refractivity contribution in [1.29, 1.82) is 0 Å². The van der Waals surface area contributed by atoms with Gasteiger partial charge in [0.25, 0.3) is 5.92 Å². The predicted octanol–water partition coefficient (Wildman–Crippen LogP) is 3.92. The van der Waals surface area contributed by atoms with Crippen molar-refractivity contribution >= 4 is 15.9 Å². The van der Waals surface area contributed by atoms with Gasteiger partial charge in [-0.05, 0) is 17.7 Å². The smallest absolute Gasteiger partial charge is 0.207 e. The van der Waals surface area contributed by atoms with Gasteiger partial charge in [-0.2, -0.15) is 0 Å². The van der Waals surface area contributed by atoms with E-state index >= 15 is 0 Å². The monoisotopic (exact) mass is 252 g/mol. The summed E-state index contributed by atoms with van der Waals surface area (Å²) in [5.74, 6) is -3.28. The summed E-state index contributed by atoms with van der Waals surface area (Å²) in [6.45, 7) is 0.815. The molecule has 1 aromatic rings. The molecule has 0 amide bonds. The van der Waals surface area contributed by atoms with Gasteiger partial charge in [-0.15, -0.1) is 0 Å². The molecule has 1 atom stereocenters. The van der Waals surface area contributed by atoms with Crippen molar-refractivity contribution in [2.24, 2.45) is 0 Å². The summed E-state index contributed by atoms with van der Waals surface area (Å²) in [6.07, 6.45) is 0. The van der Waals surface area contributed by atoms with E-state index in [1.165, 1.54) is 12.1 Å². The van der Waals surface area contributed by atoms with E-state index in [1.807, 2.05) is 0 Å². The Kier molecular flexibility index (Phi) is 3.01. The Labute approximate surface area is 82.9 Å². The molecular formula is C9H8BrF3. The first-order valence-corrected chi connectivity index (χ1v) is 4.60. The van der Waals surface area contributed by atoms with Gasteiger partial charge in [-0.3, -0.25) is 0 Å². The van der Waals surface area contributed by atoms with Crippen LogP contribution in [0, 0.1) is 5.82 Å². The number of rotatable bonds is 2. The second-order valence-corrected chi connectivity index (χ2v) is 3.79. The lowest BCUT2D eigenvalue weighted by atomic mass is 10.1. The van der Waals surface area contributed by atoms with Gasteiger partial charge in [-0.1, -0.05) is 28.1 Å². The summed E-state index contributed by atoms with van der Waals surface area (Å²) in [6, 6.07) is 5.00. The lowest BCUT2D eigenvalue weighted by molar-refractivity contribution is 0.0213. The second kappa shape index (κ2) is 3.70. The molecule has 4 heteroatoms. The summed E-state index contributed by atoms with van der Waals surface area (Å²) in [4.78, 5) is -1.07. The van der Waals surface area contributed by atoms with E-state index < -0.39 is 16.6 Å². The van der Waals surface area contributed by atoms with Crippen LogP contribution in [0.25, 0.3) is 0 Å². The third-order valence-corrected chi connectivity index (χ3v) is 2.94. The van der Waals surface area contributed by atoms with Gasteiger partial charge in [0, 0.05) is 6.92 Å². The highest BCUT2D eigenvalue weighted by Crippen LogP contribution is 2.37. The minimum absolute atomic E-state index is 0.369. The van der Waals surface area contributed by atoms with Gasteiger partial charge in [-0.25, -0.2) is 13.2 Å². The number of alkyl halides is 3. The van der Waals surface area contributed by atoms with E-state index in [9.17, 15) is 13.2 Å². The van der Waals surface area contributed by atoms with Gasteiger partial charge < -0.3 is 0 Å². The highest BCUT2D eigenvalue weighted by molar-refractivity contribution is 9.09. The average Bonchev–Trinajstić information content (AvgIpc) is 2.03. The second-order valence-electron chi connectivity index (χ2n) is 2.87. The maximum absolute atomic E-state index is 12.8. The Bertz CT molecular complexity index is 276. The van der Waals surface area contributed by atoms with Gasteiger partial charge in [0.15, 0.2) is 0 Å². The molecule has 0 aromatic heterocycles. The van der Waals surface area contributed by atoms with Crippen LogP contribution in [0.3, 0.4) is 0 Å². The van der Waals surface area contributed by atoms with Crippen LogP contribution in [-0.2, 0) is 0 Å². The molecule has 1 aromatic carbocycles. The van der Waals surface area contributed by atoms with Crippen molar-refractivity contribution in [2.45, 2.75) is 17.7 Å². The third-order valence-electron chi connectivity index (χ3n) is 1.61. The number of hydrogen-bond acceptors (Lipinski definition) is 0. The molecule has 0 heterocycles. The normalized spacial score (nSPS) is 14.2. The van der Waals surface area contributed by atoms with Crippen LogP contribution in [0.2, 0.25) is 0 Å². The van der Waals surface area contributed by atoms with Crippen LogP contribution >= 0.6 is 15.9 Å². The quantitative estimate of drug-likeness (QED) is 0.701. The van der Waals surface area contributed by atoms with Gasteiger partial charge in [0.2, 0.25) is 0 Å². The first-order chi connectivity index (χ1) is 5.91. The number of benzene rings is 1. The third kappa shape index (κ3) is 2.72. The van der Waals surface area contributed by atoms with E-state index in [1.54, 1.807) is 0 Å². The summed E-state index contributed by atoms with van der Waals surface area (Å²) in [7, 11) is 0. The van der Waals surface area contributed by atoms with Gasteiger partial charge in [0.05, 0.1) is 0 Å².